The molecule has 0 saturated carbocycles. The van der Waals surface area contributed by atoms with Crippen LogP contribution in [0.1, 0.15) is 30.0 Å². The van der Waals surface area contributed by atoms with Gasteiger partial charge in [0.05, 0.1) is 11.4 Å². The predicted molar refractivity (Wildman–Crippen MR) is 63.5 cm³/mol. The van der Waals surface area contributed by atoms with Crippen LogP contribution in [0.4, 0.5) is 13.2 Å². The van der Waals surface area contributed by atoms with Gasteiger partial charge in [-0.05, 0) is 13.3 Å². The van der Waals surface area contributed by atoms with Crippen molar-refractivity contribution in [2.24, 2.45) is 0 Å². The lowest BCUT2D eigenvalue weighted by atomic mass is 10.2. The molecule has 1 N–H and O–H groups in total. The average molecular weight is 280 g/mol. The van der Waals surface area contributed by atoms with Crippen LogP contribution in [-0.4, -0.2) is 23.6 Å². The molecule has 1 aromatic heterocycles. The normalized spacial score (nSPS) is 11.6. The van der Waals surface area contributed by atoms with E-state index >= 15 is 0 Å². The number of carbonyl (C=O) groups is 1. The van der Waals surface area contributed by atoms with Gasteiger partial charge in [0.15, 0.2) is 0 Å². The van der Waals surface area contributed by atoms with E-state index in [0.717, 1.165) is 17.1 Å². The Bertz CT molecular complexity index is 390. The molecule has 1 aromatic rings. The molecule has 0 fully saturated rings. The summed E-state index contributed by atoms with van der Waals surface area (Å²) < 4.78 is 35.5. The van der Waals surface area contributed by atoms with Crippen molar-refractivity contribution in [2.75, 3.05) is 6.54 Å². The molecule has 0 atom stereocenters. The maximum atomic E-state index is 11.8. The lowest BCUT2D eigenvalue weighted by Gasteiger charge is -2.06. The first-order chi connectivity index (χ1) is 8.37. The lowest BCUT2D eigenvalue weighted by Crippen LogP contribution is -2.26. The summed E-state index contributed by atoms with van der Waals surface area (Å²) in [6, 6.07) is 0. The number of amides is 1. The molecule has 102 valence electrons. The largest absolute Gasteiger partial charge is 0.389 e. The Kier molecular flexibility index (Phi) is 5.58. The molecule has 0 unspecified atom stereocenters. The number of thiazole rings is 1. The molecular weight excluding hydrogens is 265 g/mol. The number of hydrogen-bond acceptors (Lipinski definition) is 3. The summed E-state index contributed by atoms with van der Waals surface area (Å²) in [5.41, 5.74) is 0.962. The molecule has 1 amide bonds. The second-order valence-corrected chi connectivity index (χ2v) is 4.89. The molecule has 0 aliphatic carbocycles. The SMILES string of the molecule is Cc1csc(CCCNC(=O)CCC(F)(F)F)n1. The van der Waals surface area contributed by atoms with Crippen molar-refractivity contribution >= 4 is 17.2 Å². The topological polar surface area (TPSA) is 42.0 Å². The number of nitrogens with one attached hydrogen (secondary N) is 1. The maximum Gasteiger partial charge on any atom is 0.389 e. The Labute approximate surface area is 107 Å². The Balaban J connectivity index is 2.09. The van der Waals surface area contributed by atoms with Gasteiger partial charge in [-0.1, -0.05) is 0 Å². The predicted octanol–water partition coefficient (Wildman–Crippen LogP) is 2.84. The van der Waals surface area contributed by atoms with Crippen LogP contribution >= 0.6 is 11.3 Å². The van der Waals surface area contributed by atoms with E-state index in [-0.39, 0.29) is 0 Å². The zero-order valence-corrected chi connectivity index (χ0v) is 10.8. The summed E-state index contributed by atoms with van der Waals surface area (Å²) in [6.07, 6.45) is -4.41. The Morgan fingerprint density at radius 1 is 1.50 bits per heavy atom. The van der Waals surface area contributed by atoms with Gasteiger partial charge in [0, 0.05) is 30.5 Å². The summed E-state index contributed by atoms with van der Waals surface area (Å²) in [6.45, 7) is 2.29. The van der Waals surface area contributed by atoms with Crippen molar-refractivity contribution in [2.45, 2.75) is 38.8 Å². The van der Waals surface area contributed by atoms with Gasteiger partial charge in [-0.3, -0.25) is 4.79 Å². The molecule has 0 bridgehead atoms. The molecule has 1 rings (SSSR count). The highest BCUT2D eigenvalue weighted by Gasteiger charge is 2.27. The van der Waals surface area contributed by atoms with Gasteiger partial charge in [-0.25, -0.2) is 4.98 Å². The fourth-order valence-corrected chi connectivity index (χ4v) is 2.15. The maximum absolute atomic E-state index is 11.8. The number of alkyl halides is 3. The van der Waals surface area contributed by atoms with Gasteiger partial charge in [-0.15, -0.1) is 11.3 Å². The van der Waals surface area contributed by atoms with Gasteiger partial charge < -0.3 is 5.32 Å². The minimum absolute atomic E-state index is 0.384. The number of rotatable bonds is 6. The third kappa shape index (κ3) is 6.58. The van der Waals surface area contributed by atoms with E-state index in [1.165, 1.54) is 0 Å². The average Bonchev–Trinajstić information content (AvgIpc) is 2.67. The van der Waals surface area contributed by atoms with Crippen LogP contribution in [0.15, 0.2) is 5.38 Å². The van der Waals surface area contributed by atoms with Crippen molar-refractivity contribution < 1.29 is 18.0 Å². The van der Waals surface area contributed by atoms with Gasteiger partial charge in [-0.2, -0.15) is 13.2 Å². The van der Waals surface area contributed by atoms with Crippen molar-refractivity contribution in [1.82, 2.24) is 10.3 Å². The number of aromatic nitrogens is 1. The van der Waals surface area contributed by atoms with Gasteiger partial charge in [0.2, 0.25) is 5.91 Å². The van der Waals surface area contributed by atoms with Crippen LogP contribution in [0.3, 0.4) is 0 Å². The smallest absolute Gasteiger partial charge is 0.356 e. The van der Waals surface area contributed by atoms with Crippen molar-refractivity contribution in [3.63, 3.8) is 0 Å². The molecule has 3 nitrogen and oxygen atoms in total. The standard InChI is InChI=1S/C11H15F3N2OS/c1-8-7-18-10(16-8)3-2-6-15-9(17)4-5-11(12,13)14/h7H,2-6H2,1H3,(H,15,17). The summed E-state index contributed by atoms with van der Waals surface area (Å²) in [4.78, 5) is 15.3. The first kappa shape index (κ1) is 14.9. The van der Waals surface area contributed by atoms with E-state index in [0.29, 0.717) is 13.0 Å². The molecule has 0 radical (unpaired) electrons. The molecule has 0 aliphatic heterocycles. The molecular formula is C11H15F3N2OS. The zero-order chi connectivity index (χ0) is 13.6. The van der Waals surface area contributed by atoms with E-state index in [1.54, 1.807) is 11.3 Å². The molecule has 0 aliphatic rings. The molecule has 18 heavy (non-hydrogen) atoms. The number of halogens is 3. The van der Waals surface area contributed by atoms with Crippen LogP contribution in [0.25, 0.3) is 0 Å². The van der Waals surface area contributed by atoms with Crippen LogP contribution in [-0.2, 0) is 11.2 Å². The highest BCUT2D eigenvalue weighted by molar-refractivity contribution is 7.09. The fraction of sp³-hybridized carbons (Fsp3) is 0.636. The summed E-state index contributed by atoms with van der Waals surface area (Å²) in [5.74, 6) is -0.553. The lowest BCUT2D eigenvalue weighted by molar-refractivity contribution is -0.144. The van der Waals surface area contributed by atoms with Crippen LogP contribution in [0.2, 0.25) is 0 Å². The quantitative estimate of drug-likeness (QED) is 0.814. The second-order valence-electron chi connectivity index (χ2n) is 3.95. The van der Waals surface area contributed by atoms with Gasteiger partial charge >= 0.3 is 6.18 Å². The van der Waals surface area contributed by atoms with Crippen LogP contribution < -0.4 is 5.32 Å². The van der Waals surface area contributed by atoms with Crippen molar-refractivity contribution in [1.29, 1.82) is 0 Å². The Hall–Kier alpha value is -1.11. The molecule has 0 spiro atoms. The minimum Gasteiger partial charge on any atom is -0.356 e. The summed E-state index contributed by atoms with van der Waals surface area (Å²) in [5, 5.41) is 5.40. The summed E-state index contributed by atoms with van der Waals surface area (Å²) >= 11 is 1.55. The fourth-order valence-electron chi connectivity index (χ4n) is 1.33. The summed E-state index contributed by atoms with van der Waals surface area (Å²) in [7, 11) is 0. The molecule has 0 saturated heterocycles. The van der Waals surface area contributed by atoms with Gasteiger partial charge in [0.1, 0.15) is 0 Å². The Morgan fingerprint density at radius 2 is 2.22 bits per heavy atom. The van der Waals surface area contributed by atoms with E-state index in [1.807, 2.05) is 12.3 Å². The van der Waals surface area contributed by atoms with Crippen LogP contribution in [0.5, 0.6) is 0 Å². The highest BCUT2D eigenvalue weighted by Crippen LogP contribution is 2.20. The first-order valence-electron chi connectivity index (χ1n) is 5.61. The number of carbonyl (C=O) groups excluding carboxylic acids is 1. The number of aryl methyl sites for hydroxylation is 2. The van der Waals surface area contributed by atoms with E-state index < -0.39 is 24.9 Å². The first-order valence-corrected chi connectivity index (χ1v) is 6.49. The van der Waals surface area contributed by atoms with Gasteiger partial charge in [0.25, 0.3) is 0 Å². The molecule has 1 heterocycles. The van der Waals surface area contributed by atoms with Crippen LogP contribution in [0, 0.1) is 6.92 Å². The third-order valence-electron chi connectivity index (χ3n) is 2.19. The molecule has 7 heteroatoms. The third-order valence-corrected chi connectivity index (χ3v) is 3.22. The second kappa shape index (κ2) is 6.72. The molecule has 0 aromatic carbocycles. The Morgan fingerprint density at radius 3 is 2.78 bits per heavy atom. The van der Waals surface area contributed by atoms with Crippen molar-refractivity contribution in [3.8, 4) is 0 Å². The number of nitrogens with zero attached hydrogens (tertiary/aromatic N) is 1. The minimum atomic E-state index is -4.27. The van der Waals surface area contributed by atoms with E-state index in [2.05, 4.69) is 10.3 Å². The monoisotopic (exact) mass is 280 g/mol. The van der Waals surface area contributed by atoms with E-state index in [9.17, 15) is 18.0 Å². The van der Waals surface area contributed by atoms with E-state index in [4.69, 9.17) is 0 Å². The van der Waals surface area contributed by atoms with Crippen molar-refractivity contribution in [3.05, 3.63) is 16.1 Å². The zero-order valence-electron chi connectivity index (χ0n) is 10.0. The number of hydrogen-bond donors (Lipinski definition) is 1. The highest BCUT2D eigenvalue weighted by atomic mass is 32.1.